The van der Waals surface area contributed by atoms with Crippen molar-refractivity contribution >= 4 is 23.4 Å². The topological polar surface area (TPSA) is 82.5 Å². The lowest BCUT2D eigenvalue weighted by Gasteiger charge is -2.25. The molecule has 1 aliphatic carbocycles. The number of halogens is 2. The molecule has 0 saturated carbocycles. The molecule has 0 spiro atoms. The van der Waals surface area contributed by atoms with E-state index in [2.05, 4.69) is 5.32 Å². The van der Waals surface area contributed by atoms with E-state index < -0.39 is 17.8 Å². The van der Waals surface area contributed by atoms with E-state index in [-0.39, 0.29) is 24.9 Å². The van der Waals surface area contributed by atoms with E-state index in [1.807, 2.05) is 6.07 Å². The number of fused-ring (bicyclic) bond motifs is 1. The van der Waals surface area contributed by atoms with Gasteiger partial charge in [0.15, 0.2) is 0 Å². The minimum atomic E-state index is -2.70. The summed E-state index contributed by atoms with van der Waals surface area (Å²) in [5.41, 5.74) is 2.68. The Balaban J connectivity index is 1.66. The Bertz CT molecular complexity index is 994. The molecule has 2 aliphatic rings. The highest BCUT2D eigenvalue weighted by Gasteiger charge is 2.33. The minimum absolute atomic E-state index is 0.0647. The Morgan fingerprint density at radius 1 is 1.10 bits per heavy atom. The first-order chi connectivity index (χ1) is 14.3. The number of carbonyl (C=O) groups is 2. The maximum atomic E-state index is 13.8. The number of carbonyl (C=O) groups excluding carboxylic acids is 1. The number of aromatic nitrogens is 1. The van der Waals surface area contributed by atoms with E-state index in [9.17, 15) is 18.4 Å². The molecule has 1 aliphatic heterocycles. The number of alkyl halides is 2. The van der Waals surface area contributed by atoms with Gasteiger partial charge in [-0.2, -0.15) is 0 Å². The fourth-order valence-electron chi connectivity index (χ4n) is 4.07. The highest BCUT2D eigenvalue weighted by atomic mass is 19.3. The van der Waals surface area contributed by atoms with Crippen LogP contribution in [0.5, 0.6) is 0 Å². The molecule has 1 saturated heterocycles. The largest absolute Gasteiger partial charge is 0.478 e. The number of aryl methyl sites for hydroxylation is 2. The van der Waals surface area contributed by atoms with Gasteiger partial charge in [-0.1, -0.05) is 6.07 Å². The maximum absolute atomic E-state index is 13.8. The highest BCUT2D eigenvalue weighted by molar-refractivity contribution is 6.08. The van der Waals surface area contributed by atoms with E-state index in [0.29, 0.717) is 30.0 Å². The van der Waals surface area contributed by atoms with Gasteiger partial charge in [0, 0.05) is 37.3 Å². The van der Waals surface area contributed by atoms with Crippen molar-refractivity contribution in [3.8, 4) is 0 Å². The zero-order chi connectivity index (χ0) is 21.3. The summed E-state index contributed by atoms with van der Waals surface area (Å²) in [4.78, 5) is 30.8. The third kappa shape index (κ3) is 4.27. The number of aromatic carboxylic acids is 1. The molecule has 1 fully saturated rings. The molecule has 1 amide bonds. The average Bonchev–Trinajstić information content (AvgIpc) is 3.09. The van der Waals surface area contributed by atoms with Crippen LogP contribution in [-0.2, 0) is 12.8 Å². The molecule has 2 aromatic rings. The number of carboxylic acids is 1. The second-order valence-electron chi connectivity index (χ2n) is 7.86. The van der Waals surface area contributed by atoms with Crippen LogP contribution in [0.4, 0.5) is 20.3 Å². The number of rotatable bonds is 4. The minimum Gasteiger partial charge on any atom is -0.478 e. The number of hydrogen-bond acceptors (Lipinski definition) is 4. The first-order valence-corrected chi connectivity index (χ1v) is 10.1. The quantitative estimate of drug-likeness (QED) is 0.784. The number of benzene rings is 1. The number of nitrogens with zero attached hydrogens (tertiary/aromatic N) is 2. The van der Waals surface area contributed by atoms with E-state index in [4.69, 9.17) is 10.1 Å². The number of nitrogens with one attached hydrogen (secondary N) is 1. The van der Waals surface area contributed by atoms with Crippen LogP contribution in [0.1, 0.15) is 57.7 Å². The van der Waals surface area contributed by atoms with Gasteiger partial charge in [-0.15, -0.1) is 0 Å². The molecule has 0 bridgehead atoms. The van der Waals surface area contributed by atoms with E-state index in [1.165, 1.54) is 12.1 Å². The van der Waals surface area contributed by atoms with Crippen LogP contribution >= 0.6 is 0 Å². The average molecular weight is 415 g/mol. The predicted octanol–water partition coefficient (Wildman–Crippen LogP) is 4.15. The highest BCUT2D eigenvalue weighted by Crippen LogP contribution is 2.33. The molecule has 30 heavy (non-hydrogen) atoms. The molecule has 1 aromatic heterocycles. The molecule has 6 nitrogen and oxygen atoms in total. The van der Waals surface area contributed by atoms with Crippen LogP contribution in [0.25, 0.3) is 0 Å². The van der Waals surface area contributed by atoms with Crippen LogP contribution in [0.15, 0.2) is 30.3 Å². The van der Waals surface area contributed by atoms with Gasteiger partial charge in [0.1, 0.15) is 5.82 Å². The van der Waals surface area contributed by atoms with Crippen LogP contribution in [0.3, 0.4) is 0 Å². The van der Waals surface area contributed by atoms with Crippen molar-refractivity contribution in [3.63, 3.8) is 0 Å². The molecule has 2 N–H and O–H groups in total. The second kappa shape index (κ2) is 8.01. The fourth-order valence-corrected chi connectivity index (χ4v) is 4.07. The first kappa shape index (κ1) is 20.3. The van der Waals surface area contributed by atoms with Crippen molar-refractivity contribution in [3.05, 3.63) is 52.7 Å². The summed E-state index contributed by atoms with van der Waals surface area (Å²) in [5.74, 6) is -3.78. The van der Waals surface area contributed by atoms with Gasteiger partial charge in [0.05, 0.1) is 11.1 Å². The maximum Gasteiger partial charge on any atom is 0.335 e. The molecular formula is C22H23F2N3O3. The Morgan fingerprint density at radius 3 is 2.73 bits per heavy atom. The van der Waals surface area contributed by atoms with Crippen molar-refractivity contribution < 1.29 is 23.5 Å². The van der Waals surface area contributed by atoms with Crippen molar-refractivity contribution in [1.82, 2.24) is 4.98 Å². The van der Waals surface area contributed by atoms with E-state index in [0.717, 1.165) is 30.5 Å². The SMILES string of the molecule is O=C(O)c1cccc(NC(=O)c2cc3c(nc2N2CCCC(F)(F)CC2)CCC3)c1. The summed E-state index contributed by atoms with van der Waals surface area (Å²) in [6.45, 7) is 0.545. The Morgan fingerprint density at radius 2 is 1.93 bits per heavy atom. The number of hydrogen-bond donors (Lipinski definition) is 2. The van der Waals surface area contributed by atoms with Crippen LogP contribution in [-0.4, -0.2) is 41.0 Å². The van der Waals surface area contributed by atoms with Crippen LogP contribution in [0, 0.1) is 0 Å². The molecule has 0 radical (unpaired) electrons. The van der Waals surface area contributed by atoms with Gasteiger partial charge in [-0.3, -0.25) is 4.79 Å². The number of anilines is 2. The molecular weight excluding hydrogens is 392 g/mol. The summed E-state index contributed by atoms with van der Waals surface area (Å²) in [6.07, 6.45) is 2.48. The third-order valence-corrected chi connectivity index (χ3v) is 5.66. The van der Waals surface area contributed by atoms with E-state index >= 15 is 0 Å². The molecule has 158 valence electrons. The standard InChI is InChI=1S/C22H23F2N3O3/c23-22(24)8-3-10-27(11-9-22)19-17(13-14-4-2-7-18(14)26-19)20(28)25-16-6-1-5-15(12-16)21(29)30/h1,5-6,12-13H,2-4,7-11H2,(H,25,28)(H,29,30). The second-order valence-corrected chi connectivity index (χ2v) is 7.86. The first-order valence-electron chi connectivity index (χ1n) is 10.1. The van der Waals surface area contributed by atoms with Gasteiger partial charge >= 0.3 is 5.97 Å². The van der Waals surface area contributed by atoms with Gasteiger partial charge < -0.3 is 15.3 Å². The van der Waals surface area contributed by atoms with Gasteiger partial charge in [-0.25, -0.2) is 18.6 Å². The smallest absolute Gasteiger partial charge is 0.335 e. The zero-order valence-electron chi connectivity index (χ0n) is 16.5. The van der Waals surface area contributed by atoms with Gasteiger partial charge in [0.25, 0.3) is 5.91 Å². The van der Waals surface area contributed by atoms with Gasteiger partial charge in [0.2, 0.25) is 5.92 Å². The Hall–Kier alpha value is -3.03. The molecule has 4 rings (SSSR count). The molecule has 2 heterocycles. The summed E-state index contributed by atoms with van der Waals surface area (Å²) in [6, 6.07) is 7.80. The number of amides is 1. The summed E-state index contributed by atoms with van der Waals surface area (Å²) < 4.78 is 27.7. The molecule has 1 aromatic carbocycles. The predicted molar refractivity (Wildman–Crippen MR) is 109 cm³/mol. The normalized spacial score (nSPS) is 17.9. The number of carboxylic acid groups (broad SMARTS) is 1. The molecule has 0 unspecified atom stereocenters. The van der Waals surface area contributed by atoms with Crippen molar-refractivity contribution in [2.45, 2.75) is 44.4 Å². The van der Waals surface area contributed by atoms with Crippen LogP contribution < -0.4 is 10.2 Å². The molecule has 0 atom stereocenters. The monoisotopic (exact) mass is 415 g/mol. The van der Waals surface area contributed by atoms with E-state index in [1.54, 1.807) is 17.0 Å². The van der Waals surface area contributed by atoms with Crippen molar-refractivity contribution in [2.75, 3.05) is 23.3 Å². The summed E-state index contributed by atoms with van der Waals surface area (Å²) in [5, 5.41) is 11.9. The summed E-state index contributed by atoms with van der Waals surface area (Å²) >= 11 is 0. The Kier molecular flexibility index (Phi) is 5.40. The summed E-state index contributed by atoms with van der Waals surface area (Å²) in [7, 11) is 0. The fraction of sp³-hybridized carbons (Fsp3) is 0.409. The lowest BCUT2D eigenvalue weighted by molar-refractivity contribution is -0.0102. The number of pyridine rings is 1. The van der Waals surface area contributed by atoms with Gasteiger partial charge in [-0.05, 0) is 55.5 Å². The van der Waals surface area contributed by atoms with Crippen molar-refractivity contribution in [2.24, 2.45) is 0 Å². The molecule has 8 heteroatoms. The lowest BCUT2D eigenvalue weighted by atomic mass is 10.1. The zero-order valence-corrected chi connectivity index (χ0v) is 16.5. The lowest BCUT2D eigenvalue weighted by Crippen LogP contribution is -2.30. The third-order valence-electron chi connectivity index (χ3n) is 5.66. The van der Waals surface area contributed by atoms with Crippen LogP contribution in [0.2, 0.25) is 0 Å². The Labute approximate surface area is 172 Å². The van der Waals surface area contributed by atoms with Crippen molar-refractivity contribution in [1.29, 1.82) is 0 Å².